The smallest absolute Gasteiger partial charge is 0.130 e. The molecule has 24 heavy (non-hydrogen) atoms. The molecule has 1 aromatic carbocycles. The van der Waals surface area contributed by atoms with Crippen molar-refractivity contribution in [3.63, 3.8) is 0 Å². The Labute approximate surface area is 145 Å². The van der Waals surface area contributed by atoms with Crippen molar-refractivity contribution in [3.8, 4) is 0 Å². The Morgan fingerprint density at radius 1 is 0.958 bits per heavy atom. The summed E-state index contributed by atoms with van der Waals surface area (Å²) in [7, 11) is 0. The molecule has 0 amide bonds. The summed E-state index contributed by atoms with van der Waals surface area (Å²) in [5.74, 6) is 1.72. The summed E-state index contributed by atoms with van der Waals surface area (Å²) in [6.45, 7) is 8.26. The van der Waals surface area contributed by atoms with Crippen LogP contribution in [0.2, 0.25) is 0 Å². The molecule has 0 spiro atoms. The van der Waals surface area contributed by atoms with Crippen LogP contribution < -0.4 is 5.32 Å². The van der Waals surface area contributed by atoms with Gasteiger partial charge in [-0.25, -0.2) is 9.97 Å². The maximum atomic E-state index is 4.47. The normalized spacial score (nSPS) is 15.9. The molecule has 1 N–H and O–H groups in total. The summed E-state index contributed by atoms with van der Waals surface area (Å²) in [6.07, 6.45) is 5.43. The van der Waals surface area contributed by atoms with Gasteiger partial charge in [-0.3, -0.25) is 4.90 Å². The number of anilines is 1. The third-order valence-corrected chi connectivity index (χ3v) is 4.64. The van der Waals surface area contributed by atoms with Gasteiger partial charge in [0.05, 0.1) is 0 Å². The summed E-state index contributed by atoms with van der Waals surface area (Å²) in [5, 5.41) is 3.46. The van der Waals surface area contributed by atoms with E-state index in [1.165, 1.54) is 49.9 Å². The van der Waals surface area contributed by atoms with Gasteiger partial charge in [0, 0.05) is 24.8 Å². The molecule has 2 aromatic rings. The third-order valence-electron chi connectivity index (χ3n) is 4.64. The van der Waals surface area contributed by atoms with Crippen LogP contribution in [-0.4, -0.2) is 28.0 Å². The van der Waals surface area contributed by atoms with E-state index in [2.05, 4.69) is 44.5 Å². The standard InChI is InChI=1S/C20H28N4/c1-16-13-20(23-17(2)22-16)21-14-18-9-5-6-10-19(18)15-24-11-7-3-4-8-12-24/h5-6,9-10,13H,3-4,7-8,11-12,14-15H2,1-2H3,(H,21,22,23). The van der Waals surface area contributed by atoms with Crippen LogP contribution in [0.15, 0.2) is 30.3 Å². The topological polar surface area (TPSA) is 41.0 Å². The zero-order chi connectivity index (χ0) is 16.8. The van der Waals surface area contributed by atoms with Gasteiger partial charge in [0.2, 0.25) is 0 Å². The van der Waals surface area contributed by atoms with Crippen molar-refractivity contribution in [1.82, 2.24) is 14.9 Å². The van der Waals surface area contributed by atoms with E-state index in [0.717, 1.165) is 30.4 Å². The fraction of sp³-hybridized carbons (Fsp3) is 0.500. The second-order valence-electron chi connectivity index (χ2n) is 6.75. The number of hydrogen-bond donors (Lipinski definition) is 1. The van der Waals surface area contributed by atoms with Crippen molar-refractivity contribution in [2.75, 3.05) is 18.4 Å². The lowest BCUT2D eigenvalue weighted by atomic mass is 10.1. The Balaban J connectivity index is 1.67. The van der Waals surface area contributed by atoms with Crippen LogP contribution in [0, 0.1) is 13.8 Å². The molecular weight excluding hydrogens is 296 g/mol. The van der Waals surface area contributed by atoms with Crippen LogP contribution in [-0.2, 0) is 13.1 Å². The first-order valence-electron chi connectivity index (χ1n) is 9.06. The molecule has 1 aliphatic rings. The van der Waals surface area contributed by atoms with Crippen molar-refractivity contribution >= 4 is 5.82 Å². The van der Waals surface area contributed by atoms with E-state index in [-0.39, 0.29) is 0 Å². The van der Waals surface area contributed by atoms with Crippen LogP contribution in [0.5, 0.6) is 0 Å². The van der Waals surface area contributed by atoms with Gasteiger partial charge in [-0.2, -0.15) is 0 Å². The first-order valence-corrected chi connectivity index (χ1v) is 9.06. The highest BCUT2D eigenvalue weighted by Crippen LogP contribution is 2.17. The Hall–Kier alpha value is -1.94. The van der Waals surface area contributed by atoms with Crippen LogP contribution >= 0.6 is 0 Å². The van der Waals surface area contributed by atoms with Gasteiger partial charge in [-0.05, 0) is 50.9 Å². The van der Waals surface area contributed by atoms with Gasteiger partial charge in [0.25, 0.3) is 0 Å². The van der Waals surface area contributed by atoms with E-state index < -0.39 is 0 Å². The van der Waals surface area contributed by atoms with Crippen molar-refractivity contribution in [2.24, 2.45) is 0 Å². The lowest BCUT2D eigenvalue weighted by molar-refractivity contribution is 0.276. The maximum Gasteiger partial charge on any atom is 0.130 e. The number of nitrogens with one attached hydrogen (secondary N) is 1. The maximum absolute atomic E-state index is 4.47. The van der Waals surface area contributed by atoms with Gasteiger partial charge in [-0.15, -0.1) is 0 Å². The van der Waals surface area contributed by atoms with Gasteiger partial charge in [0.1, 0.15) is 11.6 Å². The summed E-state index contributed by atoms with van der Waals surface area (Å²) in [5.41, 5.74) is 3.79. The highest BCUT2D eigenvalue weighted by Gasteiger charge is 2.11. The Morgan fingerprint density at radius 3 is 2.38 bits per heavy atom. The number of nitrogens with zero attached hydrogens (tertiary/aromatic N) is 3. The number of benzene rings is 1. The number of aromatic nitrogens is 2. The molecule has 0 bridgehead atoms. The molecule has 1 aromatic heterocycles. The Morgan fingerprint density at radius 2 is 1.67 bits per heavy atom. The minimum atomic E-state index is 0.805. The van der Waals surface area contributed by atoms with Crippen molar-refractivity contribution in [1.29, 1.82) is 0 Å². The molecule has 0 atom stereocenters. The third kappa shape index (κ3) is 4.78. The Bertz CT molecular complexity index is 640. The monoisotopic (exact) mass is 324 g/mol. The molecule has 0 saturated carbocycles. The first kappa shape index (κ1) is 16.9. The fourth-order valence-electron chi connectivity index (χ4n) is 3.41. The van der Waals surface area contributed by atoms with Gasteiger partial charge in [0.15, 0.2) is 0 Å². The Kier molecular flexibility index (Phi) is 5.81. The second kappa shape index (κ2) is 8.25. The number of hydrogen-bond acceptors (Lipinski definition) is 4. The van der Waals surface area contributed by atoms with Crippen molar-refractivity contribution < 1.29 is 0 Å². The SMILES string of the molecule is Cc1cc(NCc2ccccc2CN2CCCCCC2)nc(C)n1. The van der Waals surface area contributed by atoms with Crippen molar-refractivity contribution in [3.05, 3.63) is 53.0 Å². The minimum Gasteiger partial charge on any atom is -0.366 e. The van der Waals surface area contributed by atoms with Gasteiger partial charge < -0.3 is 5.32 Å². The molecule has 1 saturated heterocycles. The van der Waals surface area contributed by atoms with Crippen LogP contribution in [0.1, 0.15) is 48.3 Å². The molecule has 1 aliphatic heterocycles. The highest BCUT2D eigenvalue weighted by molar-refractivity contribution is 5.38. The van der Waals surface area contributed by atoms with E-state index in [1.54, 1.807) is 0 Å². The molecule has 2 heterocycles. The molecule has 0 aliphatic carbocycles. The van der Waals surface area contributed by atoms with Gasteiger partial charge >= 0.3 is 0 Å². The predicted octanol–water partition coefficient (Wildman–Crippen LogP) is 4.08. The lowest BCUT2D eigenvalue weighted by Crippen LogP contribution is -2.24. The summed E-state index contributed by atoms with van der Waals surface area (Å²) >= 11 is 0. The molecule has 4 heteroatoms. The van der Waals surface area contributed by atoms with Crippen molar-refractivity contribution in [2.45, 2.75) is 52.6 Å². The van der Waals surface area contributed by atoms with Crippen LogP contribution in [0.3, 0.4) is 0 Å². The summed E-state index contributed by atoms with van der Waals surface area (Å²) in [6, 6.07) is 10.8. The molecule has 3 rings (SSSR count). The average Bonchev–Trinajstić information content (AvgIpc) is 2.82. The molecule has 4 nitrogen and oxygen atoms in total. The van der Waals surface area contributed by atoms with E-state index in [0.29, 0.717) is 0 Å². The summed E-state index contributed by atoms with van der Waals surface area (Å²) < 4.78 is 0. The largest absolute Gasteiger partial charge is 0.366 e. The number of likely N-dealkylation sites (tertiary alicyclic amines) is 1. The number of aryl methyl sites for hydroxylation is 2. The van der Waals surface area contributed by atoms with Crippen LogP contribution in [0.25, 0.3) is 0 Å². The van der Waals surface area contributed by atoms with E-state index >= 15 is 0 Å². The molecule has 128 valence electrons. The molecule has 1 fully saturated rings. The first-order chi connectivity index (χ1) is 11.7. The highest BCUT2D eigenvalue weighted by atomic mass is 15.1. The fourth-order valence-corrected chi connectivity index (χ4v) is 3.41. The molecule has 0 unspecified atom stereocenters. The zero-order valence-electron chi connectivity index (χ0n) is 14.9. The quantitative estimate of drug-likeness (QED) is 0.899. The van der Waals surface area contributed by atoms with E-state index in [1.807, 2.05) is 19.9 Å². The average molecular weight is 324 g/mol. The minimum absolute atomic E-state index is 0.805. The summed E-state index contributed by atoms with van der Waals surface area (Å²) in [4.78, 5) is 11.4. The molecular formula is C20H28N4. The van der Waals surface area contributed by atoms with Crippen LogP contribution in [0.4, 0.5) is 5.82 Å². The zero-order valence-corrected chi connectivity index (χ0v) is 14.9. The lowest BCUT2D eigenvalue weighted by Gasteiger charge is -2.21. The van der Waals surface area contributed by atoms with E-state index in [9.17, 15) is 0 Å². The second-order valence-corrected chi connectivity index (χ2v) is 6.75. The molecule has 0 radical (unpaired) electrons. The number of rotatable bonds is 5. The van der Waals surface area contributed by atoms with Gasteiger partial charge in [-0.1, -0.05) is 37.1 Å². The van der Waals surface area contributed by atoms with E-state index in [4.69, 9.17) is 0 Å². The predicted molar refractivity (Wildman–Crippen MR) is 99.0 cm³/mol.